The van der Waals surface area contributed by atoms with E-state index in [9.17, 15) is 9.18 Å². The van der Waals surface area contributed by atoms with Gasteiger partial charge in [-0.1, -0.05) is 12.1 Å². The molecule has 0 bridgehead atoms. The first-order valence-electron chi connectivity index (χ1n) is 5.50. The van der Waals surface area contributed by atoms with Crippen LogP contribution in [-0.2, 0) is 4.79 Å². The minimum Gasteiger partial charge on any atom is -0.395 e. The van der Waals surface area contributed by atoms with E-state index in [1.165, 1.54) is 23.1 Å². The van der Waals surface area contributed by atoms with E-state index in [4.69, 9.17) is 5.11 Å². The molecular weight excluding hydrogens is 221 g/mol. The van der Waals surface area contributed by atoms with Crippen LogP contribution in [0, 0.1) is 5.82 Å². The van der Waals surface area contributed by atoms with Gasteiger partial charge in [-0.15, -0.1) is 0 Å². The first-order valence-corrected chi connectivity index (χ1v) is 5.50. The summed E-state index contributed by atoms with van der Waals surface area (Å²) >= 11 is 0. The van der Waals surface area contributed by atoms with Gasteiger partial charge in [0.25, 0.3) is 0 Å². The summed E-state index contributed by atoms with van der Waals surface area (Å²) in [4.78, 5) is 13.2. The first-order chi connectivity index (χ1) is 8.17. The number of aliphatic hydroxyl groups excluding tert-OH is 1. The smallest absolute Gasteiger partial charge is 0.246 e. The van der Waals surface area contributed by atoms with Gasteiger partial charge in [0.1, 0.15) is 5.82 Å². The third-order valence-electron chi connectivity index (χ3n) is 2.35. The monoisotopic (exact) mass is 237 g/mol. The summed E-state index contributed by atoms with van der Waals surface area (Å²) in [5.74, 6) is -0.463. The minimum atomic E-state index is -0.302. The van der Waals surface area contributed by atoms with Crippen LogP contribution in [0.2, 0.25) is 0 Å². The standard InChI is InChI=1S/C13H16FNO2/c1-2-15(9-10-16)13(17)8-5-11-3-6-12(14)7-4-11/h3-8,16H,2,9-10H2,1H3/b8-5+. The van der Waals surface area contributed by atoms with Crippen molar-refractivity contribution in [1.29, 1.82) is 0 Å². The molecule has 92 valence electrons. The number of aliphatic hydroxyl groups is 1. The second kappa shape index (κ2) is 6.81. The van der Waals surface area contributed by atoms with E-state index in [1.807, 2.05) is 6.92 Å². The SMILES string of the molecule is CCN(CCO)C(=O)/C=C/c1ccc(F)cc1. The zero-order chi connectivity index (χ0) is 12.7. The van der Waals surface area contributed by atoms with E-state index in [1.54, 1.807) is 18.2 Å². The van der Waals surface area contributed by atoms with E-state index in [-0.39, 0.29) is 18.3 Å². The summed E-state index contributed by atoms with van der Waals surface area (Å²) in [6, 6.07) is 5.88. The number of carbonyl (C=O) groups is 1. The van der Waals surface area contributed by atoms with Crippen molar-refractivity contribution in [2.45, 2.75) is 6.92 Å². The third-order valence-corrected chi connectivity index (χ3v) is 2.35. The molecule has 0 aliphatic rings. The Morgan fingerprint density at radius 1 is 1.41 bits per heavy atom. The molecule has 1 aromatic carbocycles. The molecule has 0 spiro atoms. The minimum absolute atomic E-state index is 0.0516. The van der Waals surface area contributed by atoms with Crippen molar-refractivity contribution >= 4 is 12.0 Å². The van der Waals surface area contributed by atoms with Crippen molar-refractivity contribution in [3.05, 3.63) is 41.7 Å². The molecule has 3 nitrogen and oxygen atoms in total. The quantitative estimate of drug-likeness (QED) is 0.791. The Bertz CT molecular complexity index is 387. The summed E-state index contributed by atoms with van der Waals surface area (Å²) in [6.07, 6.45) is 3.05. The molecule has 0 atom stereocenters. The average Bonchev–Trinajstić information content (AvgIpc) is 2.35. The molecule has 0 aliphatic carbocycles. The maximum atomic E-state index is 12.6. The van der Waals surface area contributed by atoms with Crippen LogP contribution >= 0.6 is 0 Å². The highest BCUT2D eigenvalue weighted by molar-refractivity contribution is 5.91. The normalized spacial score (nSPS) is 10.8. The zero-order valence-electron chi connectivity index (χ0n) is 9.77. The average molecular weight is 237 g/mol. The van der Waals surface area contributed by atoms with Gasteiger partial charge in [-0.05, 0) is 30.7 Å². The molecule has 0 radical (unpaired) electrons. The van der Waals surface area contributed by atoms with Crippen LogP contribution < -0.4 is 0 Å². The van der Waals surface area contributed by atoms with Gasteiger partial charge in [0.05, 0.1) is 6.61 Å². The number of nitrogens with zero attached hydrogens (tertiary/aromatic N) is 1. The van der Waals surface area contributed by atoms with Gasteiger partial charge in [-0.25, -0.2) is 4.39 Å². The molecule has 17 heavy (non-hydrogen) atoms. The molecule has 0 saturated carbocycles. The highest BCUT2D eigenvalue weighted by atomic mass is 19.1. The number of amides is 1. The second-order valence-corrected chi connectivity index (χ2v) is 3.53. The molecule has 1 N–H and O–H groups in total. The van der Waals surface area contributed by atoms with Crippen LogP contribution in [0.25, 0.3) is 6.08 Å². The first kappa shape index (κ1) is 13.4. The number of likely N-dealkylation sites (N-methyl/N-ethyl adjacent to an activating group) is 1. The number of hydrogen-bond acceptors (Lipinski definition) is 2. The summed E-state index contributed by atoms with van der Waals surface area (Å²) in [5, 5.41) is 8.77. The van der Waals surface area contributed by atoms with Gasteiger partial charge in [-0.2, -0.15) is 0 Å². The molecule has 0 fully saturated rings. The maximum Gasteiger partial charge on any atom is 0.246 e. The molecule has 1 rings (SSSR count). The third kappa shape index (κ3) is 4.36. The number of carbonyl (C=O) groups excluding carboxylic acids is 1. The van der Waals surface area contributed by atoms with Gasteiger partial charge in [0, 0.05) is 19.2 Å². The molecule has 0 aliphatic heterocycles. The lowest BCUT2D eigenvalue weighted by Crippen LogP contribution is -2.31. The summed E-state index contributed by atoms with van der Waals surface area (Å²) in [7, 11) is 0. The lowest BCUT2D eigenvalue weighted by Gasteiger charge is -2.17. The maximum absolute atomic E-state index is 12.6. The highest BCUT2D eigenvalue weighted by Crippen LogP contribution is 2.05. The molecule has 0 saturated heterocycles. The molecule has 4 heteroatoms. The van der Waals surface area contributed by atoms with Crippen molar-refractivity contribution in [3.63, 3.8) is 0 Å². The lowest BCUT2D eigenvalue weighted by molar-refractivity contribution is -0.126. The lowest BCUT2D eigenvalue weighted by atomic mass is 10.2. The van der Waals surface area contributed by atoms with Gasteiger partial charge in [0.15, 0.2) is 0 Å². The van der Waals surface area contributed by atoms with Crippen LogP contribution in [0.15, 0.2) is 30.3 Å². The second-order valence-electron chi connectivity index (χ2n) is 3.53. The topological polar surface area (TPSA) is 40.5 Å². The Balaban J connectivity index is 2.63. The largest absolute Gasteiger partial charge is 0.395 e. The van der Waals surface area contributed by atoms with Gasteiger partial charge < -0.3 is 10.0 Å². The Morgan fingerprint density at radius 2 is 2.06 bits per heavy atom. The summed E-state index contributed by atoms with van der Waals surface area (Å²) in [6.45, 7) is 2.67. The van der Waals surface area contributed by atoms with Crippen molar-refractivity contribution in [2.24, 2.45) is 0 Å². The van der Waals surface area contributed by atoms with Crippen molar-refractivity contribution in [1.82, 2.24) is 4.90 Å². The van der Waals surface area contributed by atoms with Gasteiger partial charge in [-0.3, -0.25) is 4.79 Å². The number of benzene rings is 1. The Morgan fingerprint density at radius 3 is 2.59 bits per heavy atom. The summed E-state index contributed by atoms with van der Waals surface area (Å²) < 4.78 is 12.6. The summed E-state index contributed by atoms with van der Waals surface area (Å²) in [5.41, 5.74) is 0.764. The molecule has 1 amide bonds. The highest BCUT2D eigenvalue weighted by Gasteiger charge is 2.06. The molecule has 0 aromatic heterocycles. The number of rotatable bonds is 5. The van der Waals surface area contributed by atoms with Crippen molar-refractivity contribution in [2.75, 3.05) is 19.7 Å². The van der Waals surface area contributed by atoms with Gasteiger partial charge >= 0.3 is 0 Å². The van der Waals surface area contributed by atoms with Crippen molar-refractivity contribution < 1.29 is 14.3 Å². The predicted molar refractivity (Wildman–Crippen MR) is 64.8 cm³/mol. The molecule has 0 unspecified atom stereocenters. The Labute approximate surface area is 100 Å². The fourth-order valence-electron chi connectivity index (χ4n) is 1.39. The van der Waals surface area contributed by atoms with Crippen LogP contribution in [0.5, 0.6) is 0 Å². The fraction of sp³-hybridized carbons (Fsp3) is 0.308. The van der Waals surface area contributed by atoms with E-state index in [0.717, 1.165) is 5.56 Å². The molecular formula is C13H16FNO2. The number of halogens is 1. The van der Waals surface area contributed by atoms with Crippen LogP contribution in [0.4, 0.5) is 4.39 Å². The van der Waals surface area contributed by atoms with Crippen molar-refractivity contribution in [3.8, 4) is 0 Å². The zero-order valence-corrected chi connectivity index (χ0v) is 9.77. The fourth-order valence-corrected chi connectivity index (χ4v) is 1.39. The Kier molecular flexibility index (Phi) is 5.36. The molecule has 0 heterocycles. The van der Waals surface area contributed by atoms with E-state index in [2.05, 4.69) is 0 Å². The van der Waals surface area contributed by atoms with E-state index in [0.29, 0.717) is 13.1 Å². The van der Waals surface area contributed by atoms with E-state index < -0.39 is 0 Å². The molecule has 1 aromatic rings. The van der Waals surface area contributed by atoms with Gasteiger partial charge in [0.2, 0.25) is 5.91 Å². The number of hydrogen-bond donors (Lipinski definition) is 1. The predicted octanol–water partition coefficient (Wildman–Crippen LogP) is 1.68. The van der Waals surface area contributed by atoms with Crippen LogP contribution in [0.1, 0.15) is 12.5 Å². The Hall–Kier alpha value is -1.68. The van der Waals surface area contributed by atoms with Crippen LogP contribution in [-0.4, -0.2) is 35.6 Å². The van der Waals surface area contributed by atoms with E-state index >= 15 is 0 Å². The van der Waals surface area contributed by atoms with Crippen LogP contribution in [0.3, 0.4) is 0 Å².